The molecule has 0 spiro atoms. The van der Waals surface area contributed by atoms with E-state index < -0.39 is 5.82 Å². The molecule has 0 fully saturated rings. The number of anilines is 2. The topological polar surface area (TPSA) is 88.9 Å². The lowest BCUT2D eigenvalue weighted by molar-refractivity contribution is -0.116. The molecule has 2 aromatic carbocycles. The lowest BCUT2D eigenvalue weighted by Crippen LogP contribution is -2.17. The fraction of sp³-hybridized carbons (Fsp3) is 0.238. The van der Waals surface area contributed by atoms with Crippen LogP contribution in [-0.4, -0.2) is 32.3 Å². The highest BCUT2D eigenvalue weighted by Crippen LogP contribution is 2.19. The van der Waals surface area contributed by atoms with Gasteiger partial charge in [-0.3, -0.25) is 9.59 Å². The predicted octanol–water partition coefficient (Wildman–Crippen LogP) is 3.48. The second-order valence-electron chi connectivity index (χ2n) is 6.80. The number of thioether (sulfide) groups is 1. The normalized spacial score (nSPS) is 10.7. The van der Waals surface area contributed by atoms with Gasteiger partial charge in [-0.15, -0.1) is 10.2 Å². The van der Waals surface area contributed by atoms with Crippen molar-refractivity contribution in [2.24, 2.45) is 7.05 Å². The number of aryl methyl sites for hydroxylation is 2. The molecule has 1 heterocycles. The Morgan fingerprint density at radius 3 is 2.53 bits per heavy atom. The first kappa shape index (κ1) is 21.5. The monoisotopic (exact) mass is 427 g/mol. The van der Waals surface area contributed by atoms with E-state index in [1.807, 2.05) is 32.0 Å². The molecule has 0 aliphatic heterocycles. The SMILES string of the molecule is Cc1ccc(NC(=O)Cc2nnc(SCC(=O)Nc3ccccc3F)n2C)cc1C. The zero-order chi connectivity index (χ0) is 21.7. The highest BCUT2D eigenvalue weighted by molar-refractivity contribution is 7.99. The second-order valence-corrected chi connectivity index (χ2v) is 7.74. The van der Waals surface area contributed by atoms with E-state index in [2.05, 4.69) is 20.8 Å². The van der Waals surface area contributed by atoms with Gasteiger partial charge in [0.15, 0.2) is 5.16 Å². The third-order valence-electron chi connectivity index (χ3n) is 4.51. The van der Waals surface area contributed by atoms with Crippen LogP contribution in [0, 0.1) is 19.7 Å². The summed E-state index contributed by atoms with van der Waals surface area (Å²) in [6.45, 7) is 4.00. The number of amides is 2. The molecule has 0 saturated carbocycles. The van der Waals surface area contributed by atoms with Gasteiger partial charge < -0.3 is 15.2 Å². The van der Waals surface area contributed by atoms with Crippen molar-refractivity contribution in [2.45, 2.75) is 25.4 Å². The number of aromatic nitrogens is 3. The van der Waals surface area contributed by atoms with Gasteiger partial charge in [-0.2, -0.15) is 0 Å². The maximum Gasteiger partial charge on any atom is 0.234 e. The molecule has 0 aliphatic rings. The van der Waals surface area contributed by atoms with Crippen LogP contribution in [0.25, 0.3) is 0 Å². The quantitative estimate of drug-likeness (QED) is 0.564. The van der Waals surface area contributed by atoms with Crippen LogP contribution in [-0.2, 0) is 23.1 Å². The van der Waals surface area contributed by atoms with Crippen LogP contribution in [0.4, 0.5) is 15.8 Å². The summed E-state index contributed by atoms with van der Waals surface area (Å²) in [4.78, 5) is 24.4. The van der Waals surface area contributed by atoms with Crippen LogP contribution in [0.5, 0.6) is 0 Å². The molecule has 2 amide bonds. The molecule has 0 radical (unpaired) electrons. The van der Waals surface area contributed by atoms with Crippen LogP contribution in [0.1, 0.15) is 17.0 Å². The minimum Gasteiger partial charge on any atom is -0.326 e. The number of hydrogen-bond acceptors (Lipinski definition) is 5. The molecule has 9 heteroatoms. The van der Waals surface area contributed by atoms with Crippen molar-refractivity contribution >= 4 is 35.0 Å². The van der Waals surface area contributed by atoms with Gasteiger partial charge in [0, 0.05) is 12.7 Å². The summed E-state index contributed by atoms with van der Waals surface area (Å²) in [7, 11) is 1.73. The molecule has 1 aromatic heterocycles. The fourth-order valence-corrected chi connectivity index (χ4v) is 3.40. The van der Waals surface area contributed by atoms with Crippen molar-refractivity contribution in [1.82, 2.24) is 14.8 Å². The Morgan fingerprint density at radius 2 is 1.80 bits per heavy atom. The van der Waals surface area contributed by atoms with Gasteiger partial charge in [0.2, 0.25) is 11.8 Å². The fourth-order valence-electron chi connectivity index (χ4n) is 2.67. The van der Waals surface area contributed by atoms with Crippen molar-refractivity contribution in [2.75, 3.05) is 16.4 Å². The summed E-state index contributed by atoms with van der Waals surface area (Å²) in [6, 6.07) is 11.7. The highest BCUT2D eigenvalue weighted by atomic mass is 32.2. The van der Waals surface area contributed by atoms with Gasteiger partial charge in [0.05, 0.1) is 17.9 Å². The van der Waals surface area contributed by atoms with E-state index in [4.69, 9.17) is 0 Å². The number of para-hydroxylation sites is 1. The summed E-state index contributed by atoms with van der Waals surface area (Å²) in [5.74, 6) is -0.542. The van der Waals surface area contributed by atoms with Gasteiger partial charge in [-0.1, -0.05) is 30.0 Å². The third-order valence-corrected chi connectivity index (χ3v) is 5.53. The maximum atomic E-state index is 13.6. The largest absolute Gasteiger partial charge is 0.326 e. The van der Waals surface area contributed by atoms with Crippen molar-refractivity contribution in [3.8, 4) is 0 Å². The lowest BCUT2D eigenvalue weighted by atomic mass is 10.1. The molecule has 0 aliphatic carbocycles. The zero-order valence-corrected chi connectivity index (χ0v) is 17.7. The number of nitrogens with one attached hydrogen (secondary N) is 2. The molecule has 0 unspecified atom stereocenters. The predicted molar refractivity (Wildman–Crippen MR) is 115 cm³/mol. The molecule has 2 N–H and O–H groups in total. The minimum atomic E-state index is -0.494. The molecule has 0 saturated heterocycles. The second kappa shape index (κ2) is 9.53. The van der Waals surface area contributed by atoms with Crippen LogP contribution >= 0.6 is 11.8 Å². The number of benzene rings is 2. The van der Waals surface area contributed by atoms with Gasteiger partial charge in [-0.25, -0.2) is 4.39 Å². The number of nitrogens with zero attached hydrogens (tertiary/aromatic N) is 3. The number of hydrogen-bond donors (Lipinski definition) is 2. The Balaban J connectivity index is 1.55. The van der Waals surface area contributed by atoms with Gasteiger partial charge in [-0.05, 0) is 49.2 Å². The third kappa shape index (κ3) is 5.44. The highest BCUT2D eigenvalue weighted by Gasteiger charge is 2.15. The first-order chi connectivity index (χ1) is 14.3. The Labute approximate surface area is 178 Å². The summed E-state index contributed by atoms with van der Waals surface area (Å²) in [5, 5.41) is 13.9. The molecule has 156 valence electrons. The van der Waals surface area contributed by atoms with Crippen LogP contribution < -0.4 is 10.6 Å². The number of rotatable bonds is 7. The van der Waals surface area contributed by atoms with E-state index in [1.54, 1.807) is 23.7 Å². The standard InChI is InChI=1S/C21H22FN5O2S/c1-13-8-9-15(10-14(13)2)23-19(28)11-18-25-26-21(27(18)3)30-12-20(29)24-17-7-5-4-6-16(17)22/h4-10H,11-12H2,1-3H3,(H,23,28)(H,24,29). The Bertz CT molecular complexity index is 1080. The van der Waals surface area contributed by atoms with Crippen molar-refractivity contribution < 1.29 is 14.0 Å². The van der Waals surface area contributed by atoms with Gasteiger partial charge in [0.1, 0.15) is 11.6 Å². The van der Waals surface area contributed by atoms with Gasteiger partial charge in [0.25, 0.3) is 0 Å². The number of carbonyl (C=O) groups is 2. The first-order valence-electron chi connectivity index (χ1n) is 9.26. The van der Waals surface area contributed by atoms with Gasteiger partial charge >= 0.3 is 0 Å². The Morgan fingerprint density at radius 1 is 1.03 bits per heavy atom. The molecule has 0 atom stereocenters. The minimum absolute atomic E-state index is 0.0369. The lowest BCUT2D eigenvalue weighted by Gasteiger charge is -2.08. The van der Waals surface area contributed by atoms with E-state index in [-0.39, 0.29) is 29.7 Å². The van der Waals surface area contributed by atoms with Crippen molar-refractivity contribution in [3.05, 3.63) is 65.2 Å². The Kier molecular flexibility index (Phi) is 6.83. The van der Waals surface area contributed by atoms with E-state index in [1.165, 1.54) is 12.1 Å². The number of halogens is 1. The summed E-state index contributed by atoms with van der Waals surface area (Å²) < 4.78 is 15.3. The van der Waals surface area contributed by atoms with E-state index in [9.17, 15) is 14.0 Å². The number of carbonyl (C=O) groups excluding carboxylic acids is 2. The first-order valence-corrected chi connectivity index (χ1v) is 10.2. The van der Waals surface area contributed by atoms with Crippen LogP contribution in [0.15, 0.2) is 47.6 Å². The average molecular weight is 428 g/mol. The van der Waals surface area contributed by atoms with E-state index >= 15 is 0 Å². The Hall–Kier alpha value is -3.20. The van der Waals surface area contributed by atoms with Crippen molar-refractivity contribution in [1.29, 1.82) is 0 Å². The summed E-state index contributed by atoms with van der Waals surface area (Å²) >= 11 is 1.16. The molecule has 0 bridgehead atoms. The molecular formula is C21H22FN5O2S. The zero-order valence-electron chi connectivity index (χ0n) is 16.9. The molecule has 30 heavy (non-hydrogen) atoms. The summed E-state index contributed by atoms with van der Waals surface area (Å²) in [6.07, 6.45) is 0.0540. The smallest absolute Gasteiger partial charge is 0.234 e. The average Bonchev–Trinajstić information content (AvgIpc) is 3.04. The van der Waals surface area contributed by atoms with E-state index in [0.29, 0.717) is 11.0 Å². The molecule has 3 aromatic rings. The van der Waals surface area contributed by atoms with Crippen molar-refractivity contribution in [3.63, 3.8) is 0 Å². The molecule has 3 rings (SSSR count). The maximum absolute atomic E-state index is 13.6. The molecule has 7 nitrogen and oxygen atoms in total. The summed E-state index contributed by atoms with van der Waals surface area (Å²) in [5.41, 5.74) is 3.11. The molecular weight excluding hydrogens is 405 g/mol. The van der Waals surface area contributed by atoms with Crippen LogP contribution in [0.2, 0.25) is 0 Å². The van der Waals surface area contributed by atoms with Crippen LogP contribution in [0.3, 0.4) is 0 Å². The van der Waals surface area contributed by atoms with E-state index in [0.717, 1.165) is 28.6 Å².